The fraction of sp³-hybridized carbons (Fsp3) is 0.214. The number of esters is 1. The molecule has 0 spiro atoms. The van der Waals surface area contributed by atoms with Gasteiger partial charge in [0, 0.05) is 16.6 Å². The molecular formula is C14H10ClFN2O3S. The first-order valence-corrected chi connectivity index (χ1v) is 7.40. The Labute approximate surface area is 134 Å². The van der Waals surface area contributed by atoms with Crippen molar-refractivity contribution in [2.75, 3.05) is 13.2 Å². The average Bonchev–Trinajstić information content (AvgIpc) is 2.81. The topological polar surface area (TPSA) is 79.2 Å². The molecule has 1 aromatic heterocycles. The van der Waals surface area contributed by atoms with Crippen LogP contribution in [0.4, 0.5) is 4.39 Å². The molecule has 0 saturated carbocycles. The summed E-state index contributed by atoms with van der Waals surface area (Å²) in [5.74, 6) is -1.68. The van der Waals surface area contributed by atoms with Gasteiger partial charge in [-0.25, -0.2) is 9.18 Å². The molecule has 2 rings (SSSR count). The molecule has 0 aliphatic rings. The quantitative estimate of drug-likeness (QED) is 0.670. The molecular weight excluding hydrogens is 331 g/mol. The molecule has 0 unspecified atom stereocenters. The Morgan fingerprint density at radius 1 is 1.45 bits per heavy atom. The molecule has 1 heterocycles. The Bertz CT molecular complexity index is 769. The van der Waals surface area contributed by atoms with Crippen LogP contribution in [0.1, 0.15) is 16.1 Å². The number of nitrogens with one attached hydrogen (secondary N) is 1. The molecule has 2 aromatic rings. The second-order valence-corrected chi connectivity index (χ2v) is 5.65. The highest BCUT2D eigenvalue weighted by atomic mass is 35.5. The molecule has 22 heavy (non-hydrogen) atoms. The molecule has 0 radical (unpaired) electrons. The molecule has 0 saturated heterocycles. The summed E-state index contributed by atoms with van der Waals surface area (Å²) in [6.45, 7) is -0.279. The zero-order chi connectivity index (χ0) is 16.1. The van der Waals surface area contributed by atoms with Crippen LogP contribution in [0, 0.1) is 17.1 Å². The standard InChI is InChI=1S/C14H10ClFN2O3S/c15-12-9-3-2-8(16)6-10(9)22-13(12)14(20)21-7-11(19)18-5-1-4-17/h2-3,6H,1,5,7H2,(H,18,19). The van der Waals surface area contributed by atoms with Crippen molar-refractivity contribution < 1.29 is 18.7 Å². The highest BCUT2D eigenvalue weighted by Crippen LogP contribution is 2.36. The number of carbonyl (C=O) groups excluding carboxylic acids is 2. The maximum atomic E-state index is 13.2. The Morgan fingerprint density at radius 3 is 2.95 bits per heavy atom. The Kier molecular flexibility index (Phi) is 5.31. The molecule has 0 atom stereocenters. The Balaban J connectivity index is 2.03. The lowest BCUT2D eigenvalue weighted by atomic mass is 10.2. The number of amides is 1. The van der Waals surface area contributed by atoms with Crippen LogP contribution in [0.3, 0.4) is 0 Å². The van der Waals surface area contributed by atoms with Crippen LogP contribution < -0.4 is 5.32 Å². The fourth-order valence-corrected chi connectivity index (χ4v) is 3.10. The summed E-state index contributed by atoms with van der Waals surface area (Å²) in [6, 6.07) is 5.88. The van der Waals surface area contributed by atoms with E-state index in [1.54, 1.807) is 0 Å². The smallest absolute Gasteiger partial charge is 0.350 e. The van der Waals surface area contributed by atoms with E-state index >= 15 is 0 Å². The maximum absolute atomic E-state index is 13.2. The minimum atomic E-state index is -0.748. The van der Waals surface area contributed by atoms with Gasteiger partial charge in [0.1, 0.15) is 10.7 Å². The van der Waals surface area contributed by atoms with E-state index in [-0.39, 0.29) is 22.9 Å². The number of carbonyl (C=O) groups is 2. The van der Waals surface area contributed by atoms with Gasteiger partial charge in [0.2, 0.25) is 0 Å². The zero-order valence-electron chi connectivity index (χ0n) is 11.2. The number of thiophene rings is 1. The summed E-state index contributed by atoms with van der Waals surface area (Å²) in [5.41, 5.74) is 0. The summed E-state index contributed by atoms with van der Waals surface area (Å²) in [4.78, 5) is 23.4. The fourth-order valence-electron chi connectivity index (χ4n) is 1.68. The van der Waals surface area contributed by atoms with Crippen LogP contribution >= 0.6 is 22.9 Å². The summed E-state index contributed by atoms with van der Waals surface area (Å²) in [5, 5.41) is 11.5. The molecule has 1 amide bonds. The third-order valence-corrected chi connectivity index (χ3v) is 4.31. The van der Waals surface area contributed by atoms with E-state index in [2.05, 4.69) is 5.32 Å². The molecule has 0 aliphatic carbocycles. The highest BCUT2D eigenvalue weighted by Gasteiger charge is 2.19. The minimum Gasteiger partial charge on any atom is -0.451 e. The normalized spacial score (nSPS) is 10.2. The molecule has 8 heteroatoms. The Morgan fingerprint density at radius 2 is 2.23 bits per heavy atom. The molecule has 0 bridgehead atoms. The highest BCUT2D eigenvalue weighted by molar-refractivity contribution is 7.21. The van der Waals surface area contributed by atoms with Gasteiger partial charge in [-0.15, -0.1) is 11.3 Å². The van der Waals surface area contributed by atoms with Crippen LogP contribution in [0.5, 0.6) is 0 Å². The lowest BCUT2D eigenvalue weighted by Crippen LogP contribution is -2.29. The number of hydrogen-bond acceptors (Lipinski definition) is 5. The van der Waals surface area contributed by atoms with E-state index in [1.165, 1.54) is 18.2 Å². The van der Waals surface area contributed by atoms with Crippen LogP contribution in [0.2, 0.25) is 5.02 Å². The summed E-state index contributed by atoms with van der Waals surface area (Å²) >= 11 is 7.07. The average molecular weight is 341 g/mol. The van der Waals surface area contributed by atoms with E-state index in [1.807, 2.05) is 6.07 Å². The monoisotopic (exact) mass is 340 g/mol. The van der Waals surface area contributed by atoms with Crippen LogP contribution in [-0.2, 0) is 9.53 Å². The number of nitrogens with zero attached hydrogens (tertiary/aromatic N) is 1. The first-order chi connectivity index (χ1) is 10.5. The molecule has 0 aliphatic heterocycles. The number of rotatable bonds is 5. The van der Waals surface area contributed by atoms with Gasteiger partial charge in [-0.2, -0.15) is 5.26 Å². The van der Waals surface area contributed by atoms with Gasteiger partial charge in [-0.05, 0) is 18.2 Å². The minimum absolute atomic E-state index is 0.118. The summed E-state index contributed by atoms with van der Waals surface area (Å²) in [6.07, 6.45) is 0.174. The zero-order valence-corrected chi connectivity index (χ0v) is 12.8. The predicted octanol–water partition coefficient (Wildman–Crippen LogP) is 2.88. The second kappa shape index (κ2) is 7.20. The van der Waals surface area contributed by atoms with Gasteiger partial charge < -0.3 is 10.1 Å². The maximum Gasteiger partial charge on any atom is 0.350 e. The molecule has 1 N–H and O–H groups in total. The SMILES string of the molecule is N#CCCNC(=O)COC(=O)c1sc2cc(F)ccc2c1Cl. The third kappa shape index (κ3) is 3.72. The van der Waals surface area contributed by atoms with Gasteiger partial charge in [-0.1, -0.05) is 11.6 Å². The first-order valence-electron chi connectivity index (χ1n) is 6.21. The van der Waals surface area contributed by atoms with Gasteiger partial charge in [0.15, 0.2) is 6.61 Å². The van der Waals surface area contributed by atoms with Crippen molar-refractivity contribution in [3.05, 3.63) is 33.9 Å². The number of halogens is 2. The lowest BCUT2D eigenvalue weighted by molar-refractivity contribution is -0.124. The number of ether oxygens (including phenoxy) is 1. The number of benzene rings is 1. The van der Waals surface area contributed by atoms with Crippen molar-refractivity contribution in [2.24, 2.45) is 0 Å². The Hall–Kier alpha value is -2.17. The van der Waals surface area contributed by atoms with Crippen LogP contribution in [0.25, 0.3) is 10.1 Å². The van der Waals surface area contributed by atoms with E-state index < -0.39 is 24.3 Å². The molecule has 0 fully saturated rings. The number of fused-ring (bicyclic) bond motifs is 1. The van der Waals surface area contributed by atoms with Crippen molar-refractivity contribution in [3.8, 4) is 6.07 Å². The van der Waals surface area contributed by atoms with E-state index in [4.69, 9.17) is 21.6 Å². The van der Waals surface area contributed by atoms with E-state index in [0.717, 1.165) is 11.3 Å². The van der Waals surface area contributed by atoms with E-state index in [9.17, 15) is 14.0 Å². The predicted molar refractivity (Wildman–Crippen MR) is 80.3 cm³/mol. The van der Waals surface area contributed by atoms with Crippen molar-refractivity contribution in [1.82, 2.24) is 5.32 Å². The van der Waals surface area contributed by atoms with E-state index in [0.29, 0.717) is 10.1 Å². The molecule has 1 aromatic carbocycles. The third-order valence-electron chi connectivity index (χ3n) is 2.67. The van der Waals surface area contributed by atoms with Crippen molar-refractivity contribution in [3.63, 3.8) is 0 Å². The lowest BCUT2D eigenvalue weighted by Gasteiger charge is -2.04. The van der Waals surface area contributed by atoms with Crippen molar-refractivity contribution in [1.29, 1.82) is 5.26 Å². The largest absolute Gasteiger partial charge is 0.451 e. The van der Waals surface area contributed by atoms with Gasteiger partial charge in [0.05, 0.1) is 17.5 Å². The summed E-state index contributed by atoms with van der Waals surface area (Å²) in [7, 11) is 0. The number of nitriles is 1. The molecule has 114 valence electrons. The van der Waals surface area contributed by atoms with Gasteiger partial charge >= 0.3 is 5.97 Å². The van der Waals surface area contributed by atoms with Crippen LogP contribution in [-0.4, -0.2) is 25.0 Å². The summed E-state index contributed by atoms with van der Waals surface area (Å²) < 4.78 is 18.5. The number of hydrogen-bond donors (Lipinski definition) is 1. The van der Waals surface area contributed by atoms with Gasteiger partial charge in [0.25, 0.3) is 5.91 Å². The molecule has 5 nitrogen and oxygen atoms in total. The van der Waals surface area contributed by atoms with Crippen molar-refractivity contribution >= 4 is 44.9 Å². The first kappa shape index (κ1) is 16.2. The van der Waals surface area contributed by atoms with Gasteiger partial charge in [-0.3, -0.25) is 4.79 Å². The second-order valence-electron chi connectivity index (χ2n) is 4.22. The van der Waals surface area contributed by atoms with Crippen molar-refractivity contribution in [2.45, 2.75) is 6.42 Å². The van der Waals surface area contributed by atoms with Crippen LogP contribution in [0.15, 0.2) is 18.2 Å².